The second-order valence-electron chi connectivity index (χ2n) is 9.41. The third kappa shape index (κ3) is 6.66. The van der Waals surface area contributed by atoms with Gasteiger partial charge in [-0.25, -0.2) is 4.39 Å². The molecule has 2 atom stereocenters. The number of nitrogens with zero attached hydrogens (tertiary/aromatic N) is 3. The lowest BCUT2D eigenvalue weighted by atomic mass is 9.97. The molecule has 0 saturated carbocycles. The second-order valence-corrected chi connectivity index (χ2v) is 14.9. The molecule has 1 N–H and O–H groups in total. The number of alkyl halides is 3. The van der Waals surface area contributed by atoms with Gasteiger partial charge in [-0.05, 0) is 44.2 Å². The van der Waals surface area contributed by atoms with E-state index in [-0.39, 0.29) is 26.7 Å². The summed E-state index contributed by atoms with van der Waals surface area (Å²) in [4.78, 5) is 0. The van der Waals surface area contributed by atoms with Crippen LogP contribution in [0.2, 0.25) is 29.7 Å². The first-order valence-electron chi connectivity index (χ1n) is 10.9. The Balaban J connectivity index is 0.000000271. The molecular weight excluding hydrogens is 545 g/mol. The topological polar surface area (TPSA) is 72.7 Å². The molecule has 0 unspecified atom stereocenters. The van der Waals surface area contributed by atoms with Gasteiger partial charge in [-0.2, -0.15) is 23.7 Å². The van der Waals surface area contributed by atoms with E-state index in [0.717, 1.165) is 6.92 Å². The smallest absolute Gasteiger partial charge is 0.379 e. The van der Waals surface area contributed by atoms with Crippen molar-refractivity contribution in [2.75, 3.05) is 0 Å². The van der Waals surface area contributed by atoms with E-state index in [1.54, 1.807) is 0 Å². The predicted molar refractivity (Wildman–Crippen MR) is 139 cm³/mol. The van der Waals surface area contributed by atoms with E-state index in [0.29, 0.717) is 10.9 Å². The van der Waals surface area contributed by atoms with Crippen LogP contribution in [-0.4, -0.2) is 29.5 Å². The molecule has 3 rings (SSSR count). The van der Waals surface area contributed by atoms with Gasteiger partial charge in [0.25, 0.3) is 0 Å². The number of fused-ring (bicyclic) bond motifs is 1. The van der Waals surface area contributed by atoms with Crippen molar-refractivity contribution in [2.45, 2.75) is 51.3 Å². The zero-order valence-electron chi connectivity index (χ0n) is 20.6. The molecule has 0 aliphatic rings. The van der Waals surface area contributed by atoms with Crippen molar-refractivity contribution >= 4 is 42.2 Å². The molecule has 1 heterocycles. The van der Waals surface area contributed by atoms with Gasteiger partial charge in [0, 0.05) is 17.1 Å². The first kappa shape index (κ1) is 30.2. The summed E-state index contributed by atoms with van der Waals surface area (Å²) in [5.41, 5.74) is 1.19. The van der Waals surface area contributed by atoms with Gasteiger partial charge in [-0.1, -0.05) is 48.8 Å². The Hall–Kier alpha value is -3.00. The van der Waals surface area contributed by atoms with Crippen molar-refractivity contribution in [3.63, 3.8) is 0 Å². The summed E-state index contributed by atoms with van der Waals surface area (Å²) in [5, 5.41) is 28.2. The van der Waals surface area contributed by atoms with Crippen LogP contribution >= 0.6 is 23.2 Å². The highest BCUT2D eigenvalue weighted by atomic mass is 35.5. The molecule has 11 heteroatoms. The van der Waals surface area contributed by atoms with Gasteiger partial charge in [-0.3, -0.25) is 0 Å². The number of halogens is 6. The third-order valence-corrected chi connectivity index (χ3v) is 7.21. The lowest BCUT2D eigenvalue weighted by Gasteiger charge is -2.33. The largest absolute Gasteiger partial charge is 0.418 e. The van der Waals surface area contributed by atoms with Gasteiger partial charge in [0.05, 0.1) is 32.8 Å². The normalized spacial score (nSPS) is 13.8. The summed E-state index contributed by atoms with van der Waals surface area (Å²) < 4.78 is 53.6. The fraction of sp³-hybridized carbons (Fsp3) is 0.308. The molecule has 0 amide bonds. The summed E-state index contributed by atoms with van der Waals surface area (Å²) in [5.74, 6) is 2.27. The molecular formula is C26H23Cl2F4N3OSi. The summed E-state index contributed by atoms with van der Waals surface area (Å²) >= 11 is 11.9. The molecule has 37 heavy (non-hydrogen) atoms. The third-order valence-electron chi connectivity index (χ3n) is 5.54. The van der Waals surface area contributed by atoms with E-state index in [9.17, 15) is 22.7 Å². The minimum Gasteiger partial charge on any atom is -0.379 e. The van der Waals surface area contributed by atoms with Gasteiger partial charge in [0.1, 0.15) is 26.0 Å². The van der Waals surface area contributed by atoms with Crippen molar-refractivity contribution in [1.29, 1.82) is 10.5 Å². The first-order valence-corrected chi connectivity index (χ1v) is 15.1. The molecule has 0 bridgehead atoms. The zero-order valence-corrected chi connectivity index (χ0v) is 23.1. The van der Waals surface area contributed by atoms with Gasteiger partial charge in [-0.15, -0.1) is 5.54 Å². The minimum absolute atomic E-state index is 0.105. The maximum absolute atomic E-state index is 13.5. The molecule has 4 nitrogen and oxygen atoms in total. The van der Waals surface area contributed by atoms with Crippen LogP contribution in [0, 0.1) is 39.9 Å². The molecule has 0 spiro atoms. The maximum atomic E-state index is 13.5. The van der Waals surface area contributed by atoms with E-state index in [2.05, 4.69) is 31.1 Å². The molecule has 1 aromatic heterocycles. The molecule has 0 radical (unpaired) electrons. The Morgan fingerprint density at radius 2 is 1.51 bits per heavy atom. The number of aliphatic hydroxyl groups is 1. The standard InChI is InChI=1S/C14H12ClF3N2O.C12H11ClFNSi/c1-8(13(2,21)14(16,17)18)20-6-5-10-11(20)4-3-9(7-19)12(10)15;1-16(2,3)7-6-10-11(14)5-4-9(8-15)12(10)13/h3-6,8,21H,1-2H3;4-5H,1-3H3/t8-,13+;/m1./s1. The number of nitriles is 2. The number of hydrogen-bond donors (Lipinski definition) is 1. The maximum Gasteiger partial charge on any atom is 0.418 e. The predicted octanol–water partition coefficient (Wildman–Crippen LogP) is 7.62. The summed E-state index contributed by atoms with van der Waals surface area (Å²) in [6, 6.07) is 9.63. The second kappa shape index (κ2) is 11.2. The first-order chi connectivity index (χ1) is 17.0. The average Bonchev–Trinajstić information content (AvgIpc) is 3.22. The van der Waals surface area contributed by atoms with Gasteiger partial charge in [0.2, 0.25) is 0 Å². The van der Waals surface area contributed by atoms with Crippen molar-refractivity contribution in [2.24, 2.45) is 0 Å². The van der Waals surface area contributed by atoms with E-state index in [4.69, 9.17) is 33.7 Å². The molecule has 0 aliphatic heterocycles. The van der Waals surface area contributed by atoms with E-state index in [1.807, 2.05) is 12.1 Å². The lowest BCUT2D eigenvalue weighted by Crippen LogP contribution is -2.48. The highest BCUT2D eigenvalue weighted by Crippen LogP contribution is 2.40. The molecule has 2 aromatic carbocycles. The van der Waals surface area contributed by atoms with Crippen LogP contribution in [-0.2, 0) is 0 Å². The zero-order chi connectivity index (χ0) is 28.3. The lowest BCUT2D eigenvalue weighted by molar-refractivity contribution is -0.266. The van der Waals surface area contributed by atoms with Crippen molar-refractivity contribution < 1.29 is 22.7 Å². The molecule has 194 valence electrons. The summed E-state index contributed by atoms with van der Waals surface area (Å²) in [6.45, 7) is 8.17. The van der Waals surface area contributed by atoms with Crippen molar-refractivity contribution in [3.8, 4) is 23.6 Å². The Morgan fingerprint density at radius 3 is 2.03 bits per heavy atom. The molecule has 0 aliphatic carbocycles. The van der Waals surface area contributed by atoms with E-state index >= 15 is 0 Å². The van der Waals surface area contributed by atoms with Crippen LogP contribution in [0.5, 0.6) is 0 Å². The Labute approximate surface area is 223 Å². The average molecular weight is 568 g/mol. The fourth-order valence-corrected chi connectivity index (χ4v) is 4.14. The van der Waals surface area contributed by atoms with Crippen LogP contribution in [0.25, 0.3) is 10.9 Å². The quantitative estimate of drug-likeness (QED) is 0.196. The van der Waals surface area contributed by atoms with Crippen molar-refractivity contribution in [3.05, 3.63) is 69.1 Å². The van der Waals surface area contributed by atoms with Gasteiger partial charge < -0.3 is 9.67 Å². The fourth-order valence-electron chi connectivity index (χ4n) is 3.14. The molecule has 3 aromatic rings. The Bertz CT molecular complexity index is 1470. The van der Waals surface area contributed by atoms with E-state index in [1.165, 1.54) is 48.0 Å². The number of benzene rings is 2. The SMILES string of the molecule is C[C@@H](n1ccc2c(Cl)c(C#N)ccc21)[C@](C)(O)C(F)(F)F.C[Si](C)(C)C#Cc1c(F)ccc(C#N)c1Cl. The summed E-state index contributed by atoms with van der Waals surface area (Å²) in [6.07, 6.45) is -3.35. The molecule has 0 saturated heterocycles. The van der Waals surface area contributed by atoms with Crippen LogP contribution in [0.4, 0.5) is 17.6 Å². The number of aromatic nitrogens is 1. The highest BCUT2D eigenvalue weighted by molar-refractivity contribution is 6.83. The van der Waals surface area contributed by atoms with E-state index < -0.39 is 31.7 Å². The Kier molecular flexibility index (Phi) is 9.12. The number of rotatable bonds is 2. The van der Waals surface area contributed by atoms with Crippen LogP contribution in [0.1, 0.15) is 36.6 Å². The molecule has 0 fully saturated rings. The highest BCUT2D eigenvalue weighted by Gasteiger charge is 2.54. The summed E-state index contributed by atoms with van der Waals surface area (Å²) in [7, 11) is -1.58. The minimum atomic E-state index is -4.76. The monoisotopic (exact) mass is 567 g/mol. The Morgan fingerprint density at radius 1 is 0.973 bits per heavy atom. The van der Waals surface area contributed by atoms with Gasteiger partial charge >= 0.3 is 6.18 Å². The van der Waals surface area contributed by atoms with Gasteiger partial charge in [0.15, 0.2) is 5.60 Å². The van der Waals surface area contributed by atoms with Crippen LogP contribution in [0.15, 0.2) is 36.5 Å². The van der Waals surface area contributed by atoms with Crippen LogP contribution < -0.4 is 0 Å². The number of hydrogen-bond acceptors (Lipinski definition) is 3. The van der Waals surface area contributed by atoms with Crippen molar-refractivity contribution in [1.82, 2.24) is 4.57 Å². The van der Waals surface area contributed by atoms with Crippen LogP contribution in [0.3, 0.4) is 0 Å².